The lowest BCUT2D eigenvalue weighted by Crippen LogP contribution is -2.51. The molecule has 4 nitrogen and oxygen atoms in total. The molecule has 0 radical (unpaired) electrons. The van der Waals surface area contributed by atoms with E-state index in [0.717, 1.165) is 13.2 Å². The van der Waals surface area contributed by atoms with Gasteiger partial charge in [0.05, 0.1) is 19.3 Å². The van der Waals surface area contributed by atoms with Gasteiger partial charge in [-0.25, -0.2) is 0 Å². The van der Waals surface area contributed by atoms with Crippen LogP contribution in [0, 0.1) is 0 Å². The van der Waals surface area contributed by atoms with E-state index in [-0.39, 0.29) is 12.1 Å². The number of β-amino-alcohol motifs (C(OH)–C–C–N with tert-alkyl or cyclic N) is 1. The molecule has 72 valence electrons. The highest BCUT2D eigenvalue weighted by molar-refractivity contribution is 4.76. The van der Waals surface area contributed by atoms with E-state index in [0.29, 0.717) is 19.7 Å². The molecular formula is C8H18N2O2. The van der Waals surface area contributed by atoms with Gasteiger partial charge in [-0.3, -0.25) is 4.90 Å². The molecule has 0 amide bonds. The Morgan fingerprint density at radius 1 is 1.75 bits per heavy atom. The molecule has 1 aliphatic rings. The molecule has 0 aromatic rings. The van der Waals surface area contributed by atoms with E-state index < -0.39 is 0 Å². The smallest absolute Gasteiger partial charge is 0.0639 e. The number of morpholine rings is 1. The van der Waals surface area contributed by atoms with Crippen molar-refractivity contribution in [2.45, 2.75) is 19.1 Å². The highest BCUT2D eigenvalue weighted by Crippen LogP contribution is 2.05. The van der Waals surface area contributed by atoms with Crippen molar-refractivity contribution in [3.05, 3.63) is 0 Å². The molecule has 0 aliphatic carbocycles. The number of aliphatic hydroxyl groups is 1. The normalized spacial score (nSPS) is 28.8. The van der Waals surface area contributed by atoms with Crippen LogP contribution in [-0.4, -0.2) is 55.0 Å². The van der Waals surface area contributed by atoms with Crippen LogP contribution in [0.4, 0.5) is 0 Å². The topological polar surface area (TPSA) is 58.7 Å². The van der Waals surface area contributed by atoms with Gasteiger partial charge >= 0.3 is 0 Å². The van der Waals surface area contributed by atoms with E-state index in [1.54, 1.807) is 6.92 Å². The minimum Gasteiger partial charge on any atom is -0.392 e. The predicted octanol–water partition coefficient (Wildman–Crippen LogP) is -0.973. The van der Waals surface area contributed by atoms with Crippen LogP contribution in [0.1, 0.15) is 6.92 Å². The minimum atomic E-state index is -0.280. The summed E-state index contributed by atoms with van der Waals surface area (Å²) in [5, 5.41) is 9.19. The summed E-state index contributed by atoms with van der Waals surface area (Å²) in [5.74, 6) is 0. The number of nitrogens with zero attached hydrogens (tertiary/aromatic N) is 1. The lowest BCUT2D eigenvalue weighted by Gasteiger charge is -2.35. The third-order valence-corrected chi connectivity index (χ3v) is 2.12. The van der Waals surface area contributed by atoms with Crippen molar-refractivity contribution in [3.63, 3.8) is 0 Å². The maximum Gasteiger partial charge on any atom is 0.0639 e. The molecule has 3 N–H and O–H groups in total. The van der Waals surface area contributed by atoms with Gasteiger partial charge in [0.25, 0.3) is 0 Å². The van der Waals surface area contributed by atoms with E-state index in [4.69, 9.17) is 10.5 Å². The Balaban J connectivity index is 2.36. The quantitative estimate of drug-likeness (QED) is 0.578. The molecule has 0 spiro atoms. The van der Waals surface area contributed by atoms with Crippen molar-refractivity contribution in [3.8, 4) is 0 Å². The average molecular weight is 174 g/mol. The summed E-state index contributed by atoms with van der Waals surface area (Å²) >= 11 is 0. The van der Waals surface area contributed by atoms with Crippen LogP contribution in [0.5, 0.6) is 0 Å². The van der Waals surface area contributed by atoms with E-state index in [2.05, 4.69) is 4.90 Å². The highest BCUT2D eigenvalue weighted by atomic mass is 16.5. The first-order valence-electron chi connectivity index (χ1n) is 4.44. The second-order valence-electron chi connectivity index (χ2n) is 3.31. The number of ether oxygens (including phenoxy) is 1. The van der Waals surface area contributed by atoms with Gasteiger partial charge in [-0.2, -0.15) is 0 Å². The first kappa shape index (κ1) is 9.92. The molecule has 1 fully saturated rings. The first-order valence-corrected chi connectivity index (χ1v) is 4.44. The minimum absolute atomic E-state index is 0.280. The average Bonchev–Trinajstić information content (AvgIpc) is 2.04. The molecule has 2 atom stereocenters. The lowest BCUT2D eigenvalue weighted by atomic mass is 10.2. The number of rotatable bonds is 3. The van der Waals surface area contributed by atoms with Crippen LogP contribution in [-0.2, 0) is 4.74 Å². The van der Waals surface area contributed by atoms with Crippen LogP contribution < -0.4 is 5.73 Å². The summed E-state index contributed by atoms with van der Waals surface area (Å²) in [7, 11) is 0. The third kappa shape index (κ3) is 2.71. The van der Waals surface area contributed by atoms with Gasteiger partial charge in [-0.15, -0.1) is 0 Å². The summed E-state index contributed by atoms with van der Waals surface area (Å²) in [4.78, 5) is 2.19. The zero-order chi connectivity index (χ0) is 8.97. The molecule has 0 saturated carbocycles. The van der Waals surface area contributed by atoms with Crippen molar-refractivity contribution in [1.29, 1.82) is 0 Å². The Kier molecular flexibility index (Phi) is 3.94. The van der Waals surface area contributed by atoms with E-state index in [1.807, 2.05) is 0 Å². The second kappa shape index (κ2) is 4.77. The van der Waals surface area contributed by atoms with Crippen LogP contribution in [0.15, 0.2) is 0 Å². The van der Waals surface area contributed by atoms with Crippen molar-refractivity contribution < 1.29 is 9.84 Å². The third-order valence-electron chi connectivity index (χ3n) is 2.12. The molecule has 2 unspecified atom stereocenters. The van der Waals surface area contributed by atoms with Gasteiger partial charge < -0.3 is 15.6 Å². The maximum absolute atomic E-state index is 9.19. The Bertz CT molecular complexity index is 130. The molecular weight excluding hydrogens is 156 g/mol. The second-order valence-corrected chi connectivity index (χ2v) is 3.31. The fraction of sp³-hybridized carbons (Fsp3) is 1.00. The number of nitrogens with two attached hydrogens (primary N) is 1. The maximum atomic E-state index is 9.19. The summed E-state index contributed by atoms with van der Waals surface area (Å²) in [6.45, 7) is 5.43. The van der Waals surface area contributed by atoms with Gasteiger partial charge in [0.15, 0.2) is 0 Å². The highest BCUT2D eigenvalue weighted by Gasteiger charge is 2.22. The Morgan fingerprint density at radius 3 is 3.08 bits per heavy atom. The van der Waals surface area contributed by atoms with Crippen LogP contribution in [0.2, 0.25) is 0 Å². The van der Waals surface area contributed by atoms with Gasteiger partial charge in [-0.05, 0) is 6.92 Å². The Hall–Kier alpha value is -0.160. The van der Waals surface area contributed by atoms with E-state index >= 15 is 0 Å². The summed E-state index contributed by atoms with van der Waals surface area (Å²) in [5.41, 5.74) is 5.57. The SMILES string of the molecule is CC(O)CN1CCOCC1CN. The standard InChI is InChI=1S/C8H18N2O2/c1-7(11)5-10-2-3-12-6-8(10)4-9/h7-8,11H,2-6,9H2,1H3. The Labute approximate surface area is 73.3 Å². The van der Waals surface area contributed by atoms with Crippen molar-refractivity contribution >= 4 is 0 Å². The number of hydrogen-bond acceptors (Lipinski definition) is 4. The molecule has 0 bridgehead atoms. The Morgan fingerprint density at radius 2 is 2.50 bits per heavy atom. The summed E-state index contributed by atoms with van der Waals surface area (Å²) in [6, 6.07) is 0.286. The monoisotopic (exact) mass is 174 g/mol. The van der Waals surface area contributed by atoms with Crippen molar-refractivity contribution in [2.75, 3.05) is 32.8 Å². The number of hydrogen-bond donors (Lipinski definition) is 2. The molecule has 1 saturated heterocycles. The molecule has 0 aromatic carbocycles. The van der Waals surface area contributed by atoms with Crippen molar-refractivity contribution in [1.82, 2.24) is 4.90 Å². The summed E-state index contributed by atoms with van der Waals surface area (Å²) in [6.07, 6.45) is -0.280. The molecule has 0 aromatic heterocycles. The van der Waals surface area contributed by atoms with Gasteiger partial charge in [-0.1, -0.05) is 0 Å². The van der Waals surface area contributed by atoms with Crippen LogP contribution >= 0.6 is 0 Å². The molecule has 1 heterocycles. The largest absolute Gasteiger partial charge is 0.392 e. The zero-order valence-electron chi connectivity index (χ0n) is 7.57. The zero-order valence-corrected chi connectivity index (χ0v) is 7.57. The fourth-order valence-corrected chi connectivity index (χ4v) is 1.49. The van der Waals surface area contributed by atoms with Crippen molar-refractivity contribution in [2.24, 2.45) is 5.73 Å². The first-order chi connectivity index (χ1) is 5.74. The molecule has 1 rings (SSSR count). The molecule has 1 aliphatic heterocycles. The van der Waals surface area contributed by atoms with Gasteiger partial charge in [0.1, 0.15) is 0 Å². The van der Waals surface area contributed by atoms with E-state index in [9.17, 15) is 5.11 Å². The predicted molar refractivity (Wildman–Crippen MR) is 46.9 cm³/mol. The summed E-state index contributed by atoms with van der Waals surface area (Å²) < 4.78 is 5.28. The van der Waals surface area contributed by atoms with Crippen LogP contribution in [0.25, 0.3) is 0 Å². The van der Waals surface area contributed by atoms with Gasteiger partial charge in [0.2, 0.25) is 0 Å². The number of aliphatic hydroxyl groups excluding tert-OH is 1. The van der Waals surface area contributed by atoms with Crippen LogP contribution in [0.3, 0.4) is 0 Å². The lowest BCUT2D eigenvalue weighted by molar-refractivity contribution is -0.0204. The fourth-order valence-electron chi connectivity index (χ4n) is 1.49. The molecule has 12 heavy (non-hydrogen) atoms. The van der Waals surface area contributed by atoms with Gasteiger partial charge in [0, 0.05) is 25.7 Å². The molecule has 4 heteroatoms. The van der Waals surface area contributed by atoms with E-state index in [1.165, 1.54) is 0 Å².